The SMILES string of the molecule is CCOC(CC)(CC)C(=O)O.[H-].[Na+]. The summed E-state index contributed by atoms with van der Waals surface area (Å²) in [5, 5.41) is 8.83. The first kappa shape index (κ1) is 14.9. The Kier molecular flexibility index (Phi) is 8.58. The van der Waals surface area contributed by atoms with Gasteiger partial charge < -0.3 is 11.3 Å². The van der Waals surface area contributed by atoms with E-state index in [0.717, 1.165) is 0 Å². The molecule has 0 radical (unpaired) electrons. The third-order valence-electron chi connectivity index (χ3n) is 1.95. The molecule has 0 aliphatic carbocycles. The topological polar surface area (TPSA) is 46.5 Å². The molecule has 68 valence electrons. The number of carbonyl (C=O) groups is 1. The summed E-state index contributed by atoms with van der Waals surface area (Å²) in [4.78, 5) is 10.7. The molecule has 3 nitrogen and oxygen atoms in total. The van der Waals surface area contributed by atoms with Crippen LogP contribution < -0.4 is 29.6 Å². The van der Waals surface area contributed by atoms with Gasteiger partial charge in [0.2, 0.25) is 0 Å². The van der Waals surface area contributed by atoms with E-state index in [2.05, 4.69) is 0 Å². The van der Waals surface area contributed by atoms with Gasteiger partial charge in [-0.15, -0.1) is 0 Å². The fourth-order valence-electron chi connectivity index (χ4n) is 1.09. The molecule has 4 heteroatoms. The van der Waals surface area contributed by atoms with Crippen molar-refractivity contribution in [1.29, 1.82) is 0 Å². The number of carboxylic acid groups (broad SMARTS) is 1. The second-order valence-electron chi connectivity index (χ2n) is 2.44. The minimum atomic E-state index is -0.950. The van der Waals surface area contributed by atoms with E-state index in [-0.39, 0.29) is 31.0 Å². The van der Waals surface area contributed by atoms with Crippen LogP contribution in [-0.4, -0.2) is 23.3 Å². The molecule has 0 bridgehead atoms. The van der Waals surface area contributed by atoms with Crippen molar-refractivity contribution in [2.24, 2.45) is 0 Å². The van der Waals surface area contributed by atoms with Gasteiger partial charge in [-0.2, -0.15) is 0 Å². The molecular weight excluding hydrogens is 167 g/mol. The zero-order valence-corrected chi connectivity index (χ0v) is 10.4. The third kappa shape index (κ3) is 3.44. The average molecular weight is 184 g/mol. The Morgan fingerprint density at radius 1 is 1.42 bits per heavy atom. The number of ether oxygens (including phenoxy) is 1. The zero-order chi connectivity index (χ0) is 8.91. The molecule has 0 unspecified atom stereocenters. The molecule has 1 N–H and O–H groups in total. The van der Waals surface area contributed by atoms with Gasteiger partial charge >= 0.3 is 35.5 Å². The maximum Gasteiger partial charge on any atom is 1.00 e. The van der Waals surface area contributed by atoms with Gasteiger partial charge in [-0.05, 0) is 19.8 Å². The summed E-state index contributed by atoms with van der Waals surface area (Å²) in [6, 6.07) is 0. The quantitative estimate of drug-likeness (QED) is 0.545. The van der Waals surface area contributed by atoms with Gasteiger partial charge in [-0.3, -0.25) is 0 Å². The van der Waals surface area contributed by atoms with Gasteiger partial charge in [-0.25, -0.2) is 4.79 Å². The van der Waals surface area contributed by atoms with Crippen LogP contribution in [0.4, 0.5) is 0 Å². The van der Waals surface area contributed by atoms with E-state index in [9.17, 15) is 4.79 Å². The van der Waals surface area contributed by atoms with Crippen LogP contribution in [0.15, 0.2) is 0 Å². The van der Waals surface area contributed by atoms with Crippen LogP contribution in [0, 0.1) is 0 Å². The molecule has 0 rings (SSSR count). The first-order chi connectivity index (χ1) is 5.13. The van der Waals surface area contributed by atoms with E-state index in [1.54, 1.807) is 0 Å². The van der Waals surface area contributed by atoms with Crippen molar-refractivity contribution in [3.8, 4) is 0 Å². The van der Waals surface area contributed by atoms with E-state index >= 15 is 0 Å². The Morgan fingerprint density at radius 3 is 1.92 bits per heavy atom. The van der Waals surface area contributed by atoms with Crippen molar-refractivity contribution in [1.82, 2.24) is 0 Å². The number of hydrogen-bond acceptors (Lipinski definition) is 2. The number of rotatable bonds is 5. The number of carboxylic acids is 1. The Balaban J connectivity index is -0.000000500. The van der Waals surface area contributed by atoms with Crippen LogP contribution in [0.5, 0.6) is 0 Å². The average Bonchev–Trinajstić information content (AvgIpc) is 2.00. The number of hydrogen-bond donors (Lipinski definition) is 1. The summed E-state index contributed by atoms with van der Waals surface area (Å²) in [5.41, 5.74) is -0.950. The minimum absolute atomic E-state index is 0. The van der Waals surface area contributed by atoms with Crippen LogP contribution in [-0.2, 0) is 9.53 Å². The molecule has 0 atom stereocenters. The summed E-state index contributed by atoms with van der Waals surface area (Å²) in [6.07, 6.45) is 1.04. The fraction of sp³-hybridized carbons (Fsp3) is 0.875. The molecule has 0 amide bonds. The second kappa shape index (κ2) is 6.89. The Morgan fingerprint density at radius 2 is 1.83 bits per heavy atom. The first-order valence-electron chi connectivity index (χ1n) is 4.00. The first-order valence-corrected chi connectivity index (χ1v) is 4.00. The summed E-state index contributed by atoms with van der Waals surface area (Å²) in [6.45, 7) is 5.91. The number of aliphatic carboxylic acids is 1. The Bertz CT molecular complexity index is 137. The van der Waals surface area contributed by atoms with Gasteiger partial charge in [0.05, 0.1) is 0 Å². The van der Waals surface area contributed by atoms with Gasteiger partial charge in [0, 0.05) is 6.61 Å². The molecule has 0 saturated carbocycles. The molecule has 0 aromatic rings. The van der Waals surface area contributed by atoms with Gasteiger partial charge in [0.15, 0.2) is 5.60 Å². The summed E-state index contributed by atoms with van der Waals surface area (Å²) < 4.78 is 5.19. The fourth-order valence-corrected chi connectivity index (χ4v) is 1.09. The smallest absolute Gasteiger partial charge is 1.00 e. The maximum absolute atomic E-state index is 10.7. The van der Waals surface area contributed by atoms with Crippen LogP contribution in [0.25, 0.3) is 0 Å². The zero-order valence-electron chi connectivity index (χ0n) is 9.39. The van der Waals surface area contributed by atoms with Gasteiger partial charge in [0.25, 0.3) is 0 Å². The Hall–Kier alpha value is 0.430. The predicted octanol–water partition coefficient (Wildman–Crippen LogP) is -1.22. The van der Waals surface area contributed by atoms with Crippen LogP contribution >= 0.6 is 0 Å². The van der Waals surface area contributed by atoms with Crippen LogP contribution in [0.2, 0.25) is 0 Å². The molecule has 0 aliphatic heterocycles. The Labute approximate surface area is 97.3 Å². The van der Waals surface area contributed by atoms with Crippen molar-refractivity contribution in [3.05, 3.63) is 0 Å². The second-order valence-corrected chi connectivity index (χ2v) is 2.44. The predicted molar refractivity (Wildman–Crippen MR) is 43.7 cm³/mol. The molecule has 0 aromatic heterocycles. The van der Waals surface area contributed by atoms with Crippen molar-refractivity contribution >= 4 is 5.97 Å². The maximum atomic E-state index is 10.7. The molecule has 0 aliphatic rings. The van der Waals surface area contributed by atoms with E-state index in [1.165, 1.54) is 0 Å². The van der Waals surface area contributed by atoms with Gasteiger partial charge in [0.1, 0.15) is 0 Å². The summed E-state index contributed by atoms with van der Waals surface area (Å²) in [5.74, 6) is -0.857. The van der Waals surface area contributed by atoms with Crippen molar-refractivity contribution in [2.45, 2.75) is 39.2 Å². The molecule has 0 heterocycles. The molecule has 0 spiro atoms. The molecule has 12 heavy (non-hydrogen) atoms. The third-order valence-corrected chi connectivity index (χ3v) is 1.95. The van der Waals surface area contributed by atoms with Crippen LogP contribution in [0.1, 0.15) is 35.0 Å². The van der Waals surface area contributed by atoms with Crippen molar-refractivity contribution < 1.29 is 45.6 Å². The molecule has 0 saturated heterocycles. The van der Waals surface area contributed by atoms with E-state index < -0.39 is 11.6 Å². The summed E-state index contributed by atoms with van der Waals surface area (Å²) in [7, 11) is 0. The van der Waals surface area contributed by atoms with Crippen molar-refractivity contribution in [3.63, 3.8) is 0 Å². The largest absolute Gasteiger partial charge is 1.00 e. The summed E-state index contributed by atoms with van der Waals surface area (Å²) >= 11 is 0. The molecule has 0 aromatic carbocycles. The normalized spacial score (nSPS) is 10.6. The van der Waals surface area contributed by atoms with E-state index in [1.807, 2.05) is 20.8 Å². The van der Waals surface area contributed by atoms with E-state index in [0.29, 0.717) is 19.4 Å². The minimum Gasteiger partial charge on any atom is -1.00 e. The van der Waals surface area contributed by atoms with Gasteiger partial charge in [-0.1, -0.05) is 13.8 Å². The van der Waals surface area contributed by atoms with Crippen molar-refractivity contribution in [2.75, 3.05) is 6.61 Å². The molecular formula is C8H17NaO3. The molecule has 0 fully saturated rings. The monoisotopic (exact) mass is 184 g/mol. The standard InChI is InChI=1S/C8H16O3.Na.H/c1-4-8(5-2,7(9)10)11-6-3;;/h4-6H2,1-3H3,(H,9,10);;/q;+1;-1. The van der Waals surface area contributed by atoms with Crippen LogP contribution in [0.3, 0.4) is 0 Å². The van der Waals surface area contributed by atoms with E-state index in [4.69, 9.17) is 9.84 Å².